The van der Waals surface area contributed by atoms with Crippen LogP contribution in [-0.4, -0.2) is 52.8 Å². The van der Waals surface area contributed by atoms with Gasteiger partial charge in [-0.2, -0.15) is 0 Å². The molecule has 2 aromatic rings. The number of hydrogen-bond donors (Lipinski definition) is 1. The molecule has 0 aliphatic heterocycles. The zero-order chi connectivity index (χ0) is 15.4. The van der Waals surface area contributed by atoms with Gasteiger partial charge in [0.05, 0.1) is 18.4 Å². The summed E-state index contributed by atoms with van der Waals surface area (Å²) in [5, 5.41) is 9.70. The van der Waals surface area contributed by atoms with Crippen molar-refractivity contribution in [3.63, 3.8) is 0 Å². The van der Waals surface area contributed by atoms with Gasteiger partial charge in [0.25, 0.3) is 5.56 Å². The molecule has 2 rings (SSSR count). The average molecular weight is 291 g/mol. The summed E-state index contributed by atoms with van der Waals surface area (Å²) in [7, 11) is 3.43. The van der Waals surface area contributed by atoms with E-state index in [9.17, 15) is 9.90 Å². The van der Waals surface area contributed by atoms with E-state index in [2.05, 4.69) is 4.98 Å². The summed E-state index contributed by atoms with van der Waals surface area (Å²) < 4.78 is 6.44. The number of nitrogens with zero attached hydrogens (tertiary/aromatic N) is 3. The van der Waals surface area contributed by atoms with Gasteiger partial charge in [-0.25, -0.2) is 4.98 Å². The van der Waals surface area contributed by atoms with Gasteiger partial charge >= 0.3 is 0 Å². The molecule has 0 aromatic carbocycles. The van der Waals surface area contributed by atoms with Gasteiger partial charge in [-0.05, 0) is 25.6 Å². The molecule has 6 heteroatoms. The second-order valence-electron chi connectivity index (χ2n) is 5.33. The number of likely N-dealkylation sites (N-methyl/N-ethyl adjacent to an activating group) is 1. The number of rotatable bonds is 6. The Kier molecular flexibility index (Phi) is 5.06. The summed E-state index contributed by atoms with van der Waals surface area (Å²) in [6.07, 6.45) is 1.23. The van der Waals surface area contributed by atoms with Crippen molar-refractivity contribution in [2.24, 2.45) is 0 Å². The third-order valence-electron chi connectivity index (χ3n) is 3.17. The number of hydrogen-bond acceptors (Lipinski definition) is 5. The first kappa shape index (κ1) is 15.6. The van der Waals surface area contributed by atoms with E-state index < -0.39 is 6.10 Å². The Bertz CT molecular complexity index is 669. The third-order valence-corrected chi connectivity index (χ3v) is 3.17. The molecule has 0 aliphatic carbocycles. The number of methoxy groups -OCH3 is 1. The molecule has 0 saturated carbocycles. The normalized spacial score (nSPS) is 13.0. The van der Waals surface area contributed by atoms with Crippen molar-refractivity contribution < 1.29 is 9.84 Å². The van der Waals surface area contributed by atoms with Crippen LogP contribution >= 0.6 is 0 Å². The van der Waals surface area contributed by atoms with Gasteiger partial charge < -0.3 is 9.84 Å². The lowest BCUT2D eigenvalue weighted by Crippen LogP contribution is -2.32. The summed E-state index contributed by atoms with van der Waals surface area (Å²) >= 11 is 0. The molecule has 6 nitrogen and oxygen atoms in total. The van der Waals surface area contributed by atoms with Crippen LogP contribution in [0.5, 0.6) is 0 Å². The minimum Gasteiger partial charge on any atom is -0.389 e. The summed E-state index contributed by atoms with van der Waals surface area (Å²) in [6, 6.07) is 5.29. The van der Waals surface area contributed by atoms with Crippen LogP contribution in [0.15, 0.2) is 29.2 Å². The maximum atomic E-state index is 12.1. The van der Waals surface area contributed by atoms with Crippen LogP contribution in [0.4, 0.5) is 0 Å². The lowest BCUT2D eigenvalue weighted by atomic mass is 10.3. The van der Waals surface area contributed by atoms with E-state index in [-0.39, 0.29) is 12.2 Å². The number of aryl methyl sites for hydroxylation is 1. The van der Waals surface area contributed by atoms with Gasteiger partial charge in [-0.1, -0.05) is 6.07 Å². The first-order chi connectivity index (χ1) is 9.99. The molecule has 0 spiro atoms. The lowest BCUT2D eigenvalue weighted by Gasteiger charge is -2.19. The molecular weight excluding hydrogens is 270 g/mol. The molecule has 0 bridgehead atoms. The van der Waals surface area contributed by atoms with Crippen molar-refractivity contribution in [3.05, 3.63) is 46.0 Å². The molecule has 21 heavy (non-hydrogen) atoms. The second kappa shape index (κ2) is 6.80. The van der Waals surface area contributed by atoms with Crippen molar-refractivity contribution >= 4 is 5.65 Å². The van der Waals surface area contributed by atoms with Crippen molar-refractivity contribution in [1.82, 2.24) is 14.3 Å². The van der Waals surface area contributed by atoms with Crippen LogP contribution in [0.1, 0.15) is 11.3 Å². The van der Waals surface area contributed by atoms with Crippen LogP contribution in [0.25, 0.3) is 5.65 Å². The molecule has 1 unspecified atom stereocenters. The molecule has 1 atom stereocenters. The predicted octanol–water partition coefficient (Wildman–Crippen LogP) is 0.442. The van der Waals surface area contributed by atoms with Gasteiger partial charge in [-0.15, -0.1) is 0 Å². The third kappa shape index (κ3) is 4.10. The van der Waals surface area contributed by atoms with E-state index in [1.807, 2.05) is 31.0 Å². The van der Waals surface area contributed by atoms with E-state index in [0.717, 1.165) is 5.56 Å². The highest BCUT2D eigenvalue weighted by molar-refractivity contribution is 5.39. The maximum absolute atomic E-state index is 12.1. The first-order valence-corrected chi connectivity index (χ1v) is 6.84. The largest absolute Gasteiger partial charge is 0.389 e. The fourth-order valence-electron chi connectivity index (χ4n) is 2.29. The number of aromatic nitrogens is 2. The Morgan fingerprint density at radius 3 is 2.95 bits per heavy atom. The number of aliphatic hydroxyl groups is 1. The van der Waals surface area contributed by atoms with E-state index in [0.29, 0.717) is 24.4 Å². The van der Waals surface area contributed by atoms with E-state index in [1.54, 1.807) is 17.7 Å². The molecule has 2 heterocycles. The highest BCUT2D eigenvalue weighted by Crippen LogP contribution is 2.04. The monoisotopic (exact) mass is 291 g/mol. The Hall–Kier alpha value is -1.76. The van der Waals surface area contributed by atoms with Crippen molar-refractivity contribution in [1.29, 1.82) is 0 Å². The fraction of sp³-hybridized carbons (Fsp3) is 0.467. The molecule has 0 amide bonds. The van der Waals surface area contributed by atoms with Crippen LogP contribution < -0.4 is 5.56 Å². The Labute approximate surface area is 123 Å². The average Bonchev–Trinajstić information content (AvgIpc) is 2.39. The quantitative estimate of drug-likeness (QED) is 0.836. The van der Waals surface area contributed by atoms with E-state index in [1.165, 1.54) is 6.07 Å². The number of ether oxygens (including phenoxy) is 1. The summed E-state index contributed by atoms with van der Waals surface area (Å²) in [6.45, 7) is 3.19. The summed E-state index contributed by atoms with van der Waals surface area (Å²) in [4.78, 5) is 18.5. The zero-order valence-corrected chi connectivity index (χ0v) is 12.6. The Morgan fingerprint density at radius 2 is 2.24 bits per heavy atom. The standard InChI is InChI=1S/C15H21N3O3/c1-11-4-5-14-16-12(6-15(20)18(14)7-11)8-17(2)9-13(19)10-21-3/h4-7,13,19H,8-10H2,1-3H3. The van der Waals surface area contributed by atoms with Crippen molar-refractivity contribution in [2.45, 2.75) is 19.6 Å². The minimum atomic E-state index is -0.552. The van der Waals surface area contributed by atoms with Crippen LogP contribution in [-0.2, 0) is 11.3 Å². The maximum Gasteiger partial charge on any atom is 0.258 e. The molecule has 0 fully saturated rings. The Morgan fingerprint density at radius 1 is 1.48 bits per heavy atom. The first-order valence-electron chi connectivity index (χ1n) is 6.84. The van der Waals surface area contributed by atoms with Crippen LogP contribution in [0.2, 0.25) is 0 Å². The lowest BCUT2D eigenvalue weighted by molar-refractivity contribution is 0.0417. The summed E-state index contributed by atoms with van der Waals surface area (Å²) in [5.74, 6) is 0. The van der Waals surface area contributed by atoms with Crippen molar-refractivity contribution in [2.75, 3.05) is 27.3 Å². The highest BCUT2D eigenvalue weighted by Gasteiger charge is 2.10. The van der Waals surface area contributed by atoms with Gasteiger partial charge in [0.2, 0.25) is 0 Å². The zero-order valence-electron chi connectivity index (χ0n) is 12.6. The molecule has 0 aliphatic rings. The molecule has 1 N–H and O–H groups in total. The summed E-state index contributed by atoms with van der Waals surface area (Å²) in [5.41, 5.74) is 2.24. The molecule has 2 aromatic heterocycles. The number of fused-ring (bicyclic) bond motifs is 1. The smallest absolute Gasteiger partial charge is 0.258 e. The molecule has 0 saturated heterocycles. The fourth-order valence-corrected chi connectivity index (χ4v) is 2.29. The number of pyridine rings is 1. The Balaban J connectivity index is 2.16. The van der Waals surface area contributed by atoms with E-state index >= 15 is 0 Å². The topological polar surface area (TPSA) is 67.1 Å². The highest BCUT2D eigenvalue weighted by atomic mass is 16.5. The van der Waals surface area contributed by atoms with Crippen molar-refractivity contribution in [3.8, 4) is 0 Å². The number of aliphatic hydroxyl groups excluding tert-OH is 1. The minimum absolute atomic E-state index is 0.0930. The van der Waals surface area contributed by atoms with Gasteiger partial charge in [0, 0.05) is 32.5 Å². The SMILES string of the molecule is COCC(O)CN(C)Cc1cc(=O)n2cc(C)ccc2n1. The van der Waals surface area contributed by atoms with Gasteiger partial charge in [-0.3, -0.25) is 14.1 Å². The van der Waals surface area contributed by atoms with Crippen LogP contribution in [0.3, 0.4) is 0 Å². The van der Waals surface area contributed by atoms with Crippen LogP contribution in [0, 0.1) is 6.92 Å². The predicted molar refractivity (Wildman–Crippen MR) is 80.4 cm³/mol. The molecule has 0 radical (unpaired) electrons. The molecule has 114 valence electrons. The van der Waals surface area contributed by atoms with Gasteiger partial charge in [0.1, 0.15) is 5.65 Å². The second-order valence-corrected chi connectivity index (χ2v) is 5.33. The van der Waals surface area contributed by atoms with Gasteiger partial charge in [0.15, 0.2) is 0 Å². The van der Waals surface area contributed by atoms with E-state index in [4.69, 9.17) is 4.74 Å². The molecular formula is C15H21N3O3.